The van der Waals surface area contributed by atoms with Crippen LogP contribution in [-0.2, 0) is 12.9 Å². The number of nitro groups is 2. The molecule has 0 bridgehead atoms. The molecule has 4 rings (SSSR count). The van der Waals surface area contributed by atoms with Crippen LogP contribution < -0.4 is 14.8 Å². The Morgan fingerprint density at radius 2 is 1.73 bits per heavy atom. The summed E-state index contributed by atoms with van der Waals surface area (Å²) < 4.78 is 51.1. The number of aromatic nitrogens is 2. The number of amides is 1. The van der Waals surface area contributed by atoms with Gasteiger partial charge in [0.2, 0.25) is 0 Å². The minimum atomic E-state index is -4.62. The van der Waals surface area contributed by atoms with Crippen molar-refractivity contribution in [3.05, 3.63) is 109 Å². The summed E-state index contributed by atoms with van der Waals surface area (Å²) in [5.74, 6) is -1.04. The summed E-state index contributed by atoms with van der Waals surface area (Å²) in [6, 6.07) is 12.1. The summed E-state index contributed by atoms with van der Waals surface area (Å²) in [4.78, 5) is 33.5. The number of hydrogen-bond acceptors (Lipinski definition) is 8. The minimum Gasteiger partial charge on any atom is -0.470 e. The van der Waals surface area contributed by atoms with Crippen molar-refractivity contribution < 1.29 is 37.3 Å². The number of nitrogens with one attached hydrogen (secondary N) is 1. The molecule has 1 amide bonds. The van der Waals surface area contributed by atoms with E-state index >= 15 is 0 Å². The third-order valence-corrected chi connectivity index (χ3v) is 5.40. The molecule has 206 valence electrons. The molecule has 1 aromatic heterocycles. The van der Waals surface area contributed by atoms with Crippen LogP contribution in [0.4, 0.5) is 30.2 Å². The van der Waals surface area contributed by atoms with E-state index in [0.29, 0.717) is 0 Å². The third kappa shape index (κ3) is 6.82. The summed E-state index contributed by atoms with van der Waals surface area (Å²) in [7, 11) is 0. The molecule has 4 aromatic rings. The predicted octanol–water partition coefficient (Wildman–Crippen LogP) is 6.45. The van der Waals surface area contributed by atoms with Crippen LogP contribution in [0.3, 0.4) is 0 Å². The van der Waals surface area contributed by atoms with E-state index in [9.17, 15) is 38.2 Å². The van der Waals surface area contributed by atoms with Gasteiger partial charge in [-0.2, -0.15) is 18.3 Å². The lowest BCUT2D eigenvalue weighted by Gasteiger charge is -2.11. The molecule has 0 aliphatic rings. The number of carbonyl (C=O) groups is 1. The highest BCUT2D eigenvalue weighted by atomic mass is 35.5. The molecule has 16 heteroatoms. The third-order valence-electron chi connectivity index (χ3n) is 5.11. The molecule has 0 spiro atoms. The number of halogens is 4. The van der Waals surface area contributed by atoms with Crippen LogP contribution >= 0.6 is 11.6 Å². The second-order valence-electron chi connectivity index (χ2n) is 7.94. The van der Waals surface area contributed by atoms with E-state index in [2.05, 4.69) is 10.4 Å². The van der Waals surface area contributed by atoms with Crippen molar-refractivity contribution in [3.8, 4) is 17.2 Å². The Hall–Kier alpha value is -5.18. The summed E-state index contributed by atoms with van der Waals surface area (Å²) in [6.45, 7) is -0.212. The number of anilines is 1. The lowest BCUT2D eigenvalue weighted by molar-refractivity contribution is -0.385. The molecule has 3 aromatic carbocycles. The van der Waals surface area contributed by atoms with Crippen LogP contribution in [0.25, 0.3) is 0 Å². The topological polar surface area (TPSA) is 152 Å². The first-order valence-electron chi connectivity index (χ1n) is 11.0. The number of benzene rings is 3. The number of alkyl halides is 3. The molecule has 0 radical (unpaired) electrons. The van der Waals surface area contributed by atoms with Crippen LogP contribution in [0.15, 0.2) is 72.9 Å². The van der Waals surface area contributed by atoms with Gasteiger partial charge in [0.05, 0.1) is 32.2 Å². The van der Waals surface area contributed by atoms with Gasteiger partial charge in [-0.1, -0.05) is 17.7 Å². The van der Waals surface area contributed by atoms with Gasteiger partial charge in [-0.15, -0.1) is 0 Å². The highest BCUT2D eigenvalue weighted by molar-refractivity contribution is 6.32. The highest BCUT2D eigenvalue weighted by Crippen LogP contribution is 2.34. The number of ether oxygens (including phenoxy) is 2. The second kappa shape index (κ2) is 11.3. The van der Waals surface area contributed by atoms with Crippen molar-refractivity contribution in [2.24, 2.45) is 0 Å². The molecule has 0 atom stereocenters. The number of non-ortho nitro benzene ring substituents is 2. The van der Waals surface area contributed by atoms with E-state index in [0.717, 1.165) is 36.4 Å². The number of nitro benzene ring substituents is 2. The number of rotatable bonds is 9. The van der Waals surface area contributed by atoms with Gasteiger partial charge < -0.3 is 14.8 Å². The Kier molecular flexibility index (Phi) is 7.85. The Balaban J connectivity index is 1.46. The number of nitrogens with zero attached hydrogens (tertiary/aromatic N) is 4. The molecule has 0 aliphatic carbocycles. The Morgan fingerprint density at radius 1 is 0.975 bits per heavy atom. The first-order valence-corrected chi connectivity index (χ1v) is 11.3. The molecule has 12 nitrogen and oxygen atoms in total. The monoisotopic (exact) mass is 577 g/mol. The Bertz CT molecular complexity index is 1610. The molecule has 1 heterocycles. The molecule has 0 unspecified atom stereocenters. The highest BCUT2D eigenvalue weighted by Gasteiger charge is 2.30. The normalized spacial score (nSPS) is 11.1. The van der Waals surface area contributed by atoms with Gasteiger partial charge in [0, 0.05) is 30.5 Å². The van der Waals surface area contributed by atoms with Crippen molar-refractivity contribution in [2.75, 3.05) is 5.32 Å². The van der Waals surface area contributed by atoms with Crippen LogP contribution in [0.2, 0.25) is 5.02 Å². The van der Waals surface area contributed by atoms with Crippen LogP contribution in [0, 0.1) is 20.2 Å². The average Bonchev–Trinajstić information content (AvgIpc) is 3.37. The van der Waals surface area contributed by atoms with E-state index in [4.69, 9.17) is 21.1 Å². The lowest BCUT2D eigenvalue weighted by atomic mass is 10.2. The van der Waals surface area contributed by atoms with Crippen molar-refractivity contribution in [1.82, 2.24) is 9.78 Å². The maximum atomic E-state index is 13.0. The molecule has 1 N–H and O–H groups in total. The van der Waals surface area contributed by atoms with Crippen molar-refractivity contribution in [1.29, 1.82) is 0 Å². The van der Waals surface area contributed by atoms with Gasteiger partial charge in [-0.25, -0.2) is 4.68 Å². The maximum Gasteiger partial charge on any atom is 0.416 e. The lowest BCUT2D eigenvalue weighted by Crippen LogP contribution is -2.14. The van der Waals surface area contributed by atoms with Gasteiger partial charge in [0.1, 0.15) is 17.2 Å². The zero-order chi connectivity index (χ0) is 29.0. The van der Waals surface area contributed by atoms with Crippen molar-refractivity contribution in [3.63, 3.8) is 0 Å². The second-order valence-corrected chi connectivity index (χ2v) is 8.35. The van der Waals surface area contributed by atoms with Crippen LogP contribution in [-0.4, -0.2) is 25.5 Å². The SMILES string of the molecule is O=C(Nc1cc(Oc2cccc(C(F)(F)F)c2)cc([N+](=O)[O-])c1)c1ccn(COc2ccc([N+](=O)[O-])cc2Cl)n1. The van der Waals surface area contributed by atoms with Crippen molar-refractivity contribution >= 4 is 34.6 Å². The minimum absolute atomic E-state index is 0.00634. The molecule has 0 saturated carbocycles. The van der Waals surface area contributed by atoms with E-state index < -0.39 is 33.2 Å². The first kappa shape index (κ1) is 27.8. The molecule has 40 heavy (non-hydrogen) atoms. The summed E-state index contributed by atoms with van der Waals surface area (Å²) >= 11 is 5.98. The zero-order valence-corrected chi connectivity index (χ0v) is 20.5. The van der Waals surface area contributed by atoms with Crippen LogP contribution in [0.1, 0.15) is 16.1 Å². The largest absolute Gasteiger partial charge is 0.470 e. The smallest absolute Gasteiger partial charge is 0.416 e. The summed E-state index contributed by atoms with van der Waals surface area (Å²) in [5, 5.41) is 28.7. The fraction of sp³-hybridized carbons (Fsp3) is 0.0833. The quantitative estimate of drug-likeness (QED) is 0.176. The zero-order valence-electron chi connectivity index (χ0n) is 19.8. The summed E-state index contributed by atoms with van der Waals surface area (Å²) in [5.41, 5.74) is -1.87. The molecular weight excluding hydrogens is 563 g/mol. The molecule has 0 saturated heterocycles. The van der Waals surface area contributed by atoms with E-state index in [1.807, 2.05) is 0 Å². The number of carbonyl (C=O) groups excluding carboxylic acids is 1. The van der Waals surface area contributed by atoms with E-state index in [1.165, 1.54) is 41.2 Å². The van der Waals surface area contributed by atoms with Gasteiger partial charge in [0.15, 0.2) is 12.4 Å². The van der Waals surface area contributed by atoms with Gasteiger partial charge in [0.25, 0.3) is 17.3 Å². The first-order chi connectivity index (χ1) is 18.9. The molecule has 0 aliphatic heterocycles. The Morgan fingerprint density at radius 3 is 2.40 bits per heavy atom. The van der Waals surface area contributed by atoms with Crippen LogP contribution in [0.5, 0.6) is 17.2 Å². The van der Waals surface area contributed by atoms with E-state index in [-0.39, 0.29) is 46.1 Å². The summed E-state index contributed by atoms with van der Waals surface area (Å²) in [6.07, 6.45) is -3.23. The molecular formula is C24H15ClF3N5O7. The van der Waals surface area contributed by atoms with Gasteiger partial charge in [-0.3, -0.25) is 25.0 Å². The predicted molar refractivity (Wildman–Crippen MR) is 134 cm³/mol. The fourth-order valence-electron chi connectivity index (χ4n) is 3.30. The fourth-order valence-corrected chi connectivity index (χ4v) is 3.53. The molecule has 0 fully saturated rings. The number of hydrogen-bond donors (Lipinski definition) is 1. The Labute approximate surface area is 226 Å². The standard InChI is InChI=1S/C24H15ClF3N5O7/c25-20-12-16(32(35)36)4-5-22(20)39-13-31-7-6-21(30-31)23(34)29-15-9-17(33(37)38)11-19(10-15)40-18-3-1-2-14(8-18)24(26,27)28/h1-12H,13H2,(H,29,34). The van der Waals surface area contributed by atoms with Gasteiger partial charge >= 0.3 is 6.18 Å². The van der Waals surface area contributed by atoms with Crippen molar-refractivity contribution in [2.45, 2.75) is 12.9 Å². The van der Waals surface area contributed by atoms with Gasteiger partial charge in [-0.05, 0) is 30.3 Å². The average molecular weight is 578 g/mol. The maximum absolute atomic E-state index is 13.0. The van der Waals surface area contributed by atoms with E-state index in [1.54, 1.807) is 0 Å².